The van der Waals surface area contributed by atoms with Crippen molar-refractivity contribution in [3.63, 3.8) is 0 Å². The van der Waals surface area contributed by atoms with Gasteiger partial charge in [-0.3, -0.25) is 9.59 Å². The van der Waals surface area contributed by atoms with Crippen molar-refractivity contribution in [2.75, 3.05) is 26.3 Å². The quantitative estimate of drug-likeness (QED) is 0.240. The highest BCUT2D eigenvalue weighted by atomic mass is 79.9. The lowest BCUT2D eigenvalue weighted by Gasteiger charge is -2.44. The maximum Gasteiger partial charge on any atom is 0.252 e. The summed E-state index contributed by atoms with van der Waals surface area (Å²) in [6.07, 6.45) is 4.75. The van der Waals surface area contributed by atoms with E-state index in [4.69, 9.17) is 4.74 Å². The van der Waals surface area contributed by atoms with Gasteiger partial charge < -0.3 is 25.0 Å². The number of rotatable bonds is 12. The number of aliphatic hydroxyl groups is 1. The number of amides is 2. The number of halogens is 2. The molecule has 2 amide bonds. The van der Waals surface area contributed by atoms with Gasteiger partial charge in [-0.15, -0.1) is 0 Å². The van der Waals surface area contributed by atoms with Crippen LogP contribution in [-0.4, -0.2) is 71.1 Å². The number of nitrogens with one attached hydrogen (secondary N) is 1. The summed E-state index contributed by atoms with van der Waals surface area (Å²) in [6.45, 7) is 3.71. The Morgan fingerprint density at radius 1 is 1.04 bits per heavy atom. The van der Waals surface area contributed by atoms with E-state index in [1.807, 2.05) is 28.0 Å². The molecule has 3 aromatic rings. The number of nitrogens with zero attached hydrogens (tertiary/aromatic N) is 2. The zero-order chi connectivity index (χ0) is 32.2. The summed E-state index contributed by atoms with van der Waals surface area (Å²) in [7, 11) is 0. The van der Waals surface area contributed by atoms with Crippen molar-refractivity contribution in [2.45, 2.75) is 70.1 Å². The molecular weight excluding hydrogens is 649 g/mol. The molecule has 3 aromatic carbocycles. The fourth-order valence-corrected chi connectivity index (χ4v) is 7.07. The highest BCUT2D eigenvalue weighted by Gasteiger charge is 2.43. The minimum absolute atomic E-state index is 0.0295. The minimum Gasteiger partial charge on any atom is -0.492 e. The Bertz CT molecular complexity index is 1610. The van der Waals surface area contributed by atoms with Crippen LogP contribution in [0.3, 0.4) is 0 Å². The fraction of sp³-hybridized carbons (Fsp3) is 0.405. The molecule has 0 radical (unpaired) electrons. The second-order valence-electron chi connectivity index (χ2n) is 12.6. The summed E-state index contributed by atoms with van der Waals surface area (Å²) in [5.41, 5.74) is 6.14. The van der Waals surface area contributed by atoms with Gasteiger partial charge in [0.15, 0.2) is 0 Å². The van der Waals surface area contributed by atoms with E-state index in [1.165, 1.54) is 12.1 Å². The Morgan fingerprint density at radius 3 is 2.52 bits per heavy atom. The maximum atomic E-state index is 14.7. The molecule has 242 valence electrons. The first-order valence-corrected chi connectivity index (χ1v) is 17.0. The average molecular weight is 691 g/mol. The van der Waals surface area contributed by atoms with Crippen LogP contribution in [-0.2, 0) is 29.0 Å². The molecule has 2 fully saturated rings. The molecule has 2 aliphatic heterocycles. The Kier molecular flexibility index (Phi) is 10.2. The van der Waals surface area contributed by atoms with E-state index in [1.54, 1.807) is 13.0 Å². The molecule has 0 spiro atoms. The van der Waals surface area contributed by atoms with Gasteiger partial charge in [-0.1, -0.05) is 48.5 Å². The van der Waals surface area contributed by atoms with Crippen LogP contribution in [0.4, 0.5) is 4.39 Å². The topological polar surface area (TPSA) is 82.1 Å². The molecule has 1 aliphatic carbocycles. The van der Waals surface area contributed by atoms with Gasteiger partial charge in [0.2, 0.25) is 5.91 Å². The predicted octanol–water partition coefficient (Wildman–Crippen LogP) is 5.67. The van der Waals surface area contributed by atoms with Crippen molar-refractivity contribution in [1.82, 2.24) is 15.1 Å². The number of hydrogen-bond donors (Lipinski definition) is 2. The van der Waals surface area contributed by atoms with Crippen LogP contribution < -0.4 is 10.1 Å². The van der Waals surface area contributed by atoms with Gasteiger partial charge in [0.25, 0.3) is 5.91 Å². The van der Waals surface area contributed by atoms with Crippen LogP contribution in [0, 0.1) is 5.82 Å². The summed E-state index contributed by atoms with van der Waals surface area (Å²) in [5.74, 6) is 0.226. The number of carbonyl (C=O) groups is 2. The van der Waals surface area contributed by atoms with E-state index in [0.717, 1.165) is 63.6 Å². The molecule has 6 rings (SSSR count). The van der Waals surface area contributed by atoms with Gasteiger partial charge in [-0.25, -0.2) is 4.39 Å². The summed E-state index contributed by atoms with van der Waals surface area (Å²) < 4.78 is 20.1. The van der Waals surface area contributed by atoms with E-state index in [0.29, 0.717) is 44.8 Å². The molecule has 1 saturated heterocycles. The number of aliphatic hydroxyl groups excluding tert-OH is 1. The van der Waals surface area contributed by atoms with Crippen molar-refractivity contribution in [1.29, 1.82) is 0 Å². The van der Waals surface area contributed by atoms with Crippen molar-refractivity contribution >= 4 is 33.3 Å². The smallest absolute Gasteiger partial charge is 0.252 e. The highest BCUT2D eigenvalue weighted by Crippen LogP contribution is 2.38. The molecule has 46 heavy (non-hydrogen) atoms. The Morgan fingerprint density at radius 2 is 1.80 bits per heavy atom. The Balaban J connectivity index is 1.24. The van der Waals surface area contributed by atoms with E-state index in [9.17, 15) is 19.1 Å². The lowest BCUT2D eigenvalue weighted by molar-refractivity contribution is -0.132. The first-order chi connectivity index (χ1) is 22.3. The zero-order valence-corrected chi connectivity index (χ0v) is 27.8. The number of piperazine rings is 1. The Labute approximate surface area is 278 Å². The van der Waals surface area contributed by atoms with Gasteiger partial charge >= 0.3 is 0 Å². The SMILES string of the molecule is CC(=O)N1CC2CC(c3ccc(CCCOc4cc(F)ccc4Br)cc3)=C(C(=O)N(Cc3ccccc3CCO)C3CC3)[C@@H](C1)N2. The van der Waals surface area contributed by atoms with Crippen LogP contribution in [0.5, 0.6) is 5.75 Å². The predicted molar refractivity (Wildman–Crippen MR) is 180 cm³/mol. The number of aryl methyl sites for hydroxylation is 1. The van der Waals surface area contributed by atoms with E-state index < -0.39 is 0 Å². The van der Waals surface area contributed by atoms with Gasteiger partial charge in [-0.2, -0.15) is 0 Å². The summed E-state index contributed by atoms with van der Waals surface area (Å²) in [5, 5.41) is 13.3. The van der Waals surface area contributed by atoms with Gasteiger partial charge in [0.1, 0.15) is 11.6 Å². The standard InChI is InChI=1S/C37H41BrFN3O4/c1-24(44)41-22-30-20-32(27-10-8-25(9-11-27)5-4-18-46-35-19-29(39)12-15-33(35)38)36(34(23-41)40-30)37(45)42(31-13-14-31)21-28-7-3-2-6-26(28)16-17-43/h2-3,6-12,15,19,30-31,34,40,43H,4-5,13-14,16-18,20-23H2,1H3/t30?,34-/m1/s1. The molecule has 3 aliphatic rings. The zero-order valence-electron chi connectivity index (χ0n) is 26.2. The second-order valence-corrected chi connectivity index (χ2v) is 13.4. The monoisotopic (exact) mass is 689 g/mol. The molecule has 2 bridgehead atoms. The highest BCUT2D eigenvalue weighted by molar-refractivity contribution is 9.10. The minimum atomic E-state index is -0.330. The molecule has 2 N–H and O–H groups in total. The Hall–Kier alpha value is -3.53. The molecule has 9 heteroatoms. The number of hydrogen-bond acceptors (Lipinski definition) is 5. The molecule has 1 unspecified atom stereocenters. The number of carbonyl (C=O) groups excluding carboxylic acids is 2. The van der Waals surface area contributed by atoms with Crippen LogP contribution in [0.1, 0.15) is 54.9 Å². The lowest BCUT2D eigenvalue weighted by Crippen LogP contribution is -2.61. The summed E-state index contributed by atoms with van der Waals surface area (Å²) in [6, 6.07) is 20.9. The van der Waals surface area contributed by atoms with Crippen LogP contribution in [0.25, 0.3) is 5.57 Å². The molecular formula is C37H41BrFN3O4. The maximum absolute atomic E-state index is 14.7. The van der Waals surface area contributed by atoms with Crippen LogP contribution in [0.15, 0.2) is 76.8 Å². The van der Waals surface area contributed by atoms with E-state index in [2.05, 4.69) is 51.6 Å². The van der Waals surface area contributed by atoms with Gasteiger partial charge in [-0.05, 0) is 94.4 Å². The van der Waals surface area contributed by atoms with Crippen molar-refractivity contribution in [3.05, 3.63) is 105 Å². The van der Waals surface area contributed by atoms with Gasteiger partial charge in [0.05, 0.1) is 17.1 Å². The van der Waals surface area contributed by atoms with Crippen molar-refractivity contribution in [2.24, 2.45) is 0 Å². The van der Waals surface area contributed by atoms with Crippen LogP contribution >= 0.6 is 15.9 Å². The largest absolute Gasteiger partial charge is 0.492 e. The average Bonchev–Trinajstić information content (AvgIpc) is 3.89. The van der Waals surface area contributed by atoms with Crippen molar-refractivity contribution < 1.29 is 23.8 Å². The third-order valence-electron chi connectivity index (χ3n) is 9.23. The number of benzene rings is 3. The molecule has 1 saturated carbocycles. The van der Waals surface area contributed by atoms with Crippen LogP contribution in [0.2, 0.25) is 0 Å². The molecule has 2 heterocycles. The first kappa shape index (κ1) is 32.4. The third kappa shape index (κ3) is 7.54. The van der Waals surface area contributed by atoms with E-state index >= 15 is 0 Å². The molecule has 7 nitrogen and oxygen atoms in total. The molecule has 0 aromatic heterocycles. The van der Waals surface area contributed by atoms with Gasteiger partial charge in [0, 0.05) is 56.9 Å². The third-order valence-corrected chi connectivity index (χ3v) is 9.89. The van der Waals surface area contributed by atoms with Crippen molar-refractivity contribution in [3.8, 4) is 5.75 Å². The number of ether oxygens (including phenoxy) is 1. The molecule has 2 atom stereocenters. The normalized spacial score (nSPS) is 19.3. The van der Waals surface area contributed by atoms with E-state index in [-0.39, 0.29) is 42.4 Å². The fourth-order valence-electron chi connectivity index (χ4n) is 6.71. The first-order valence-electron chi connectivity index (χ1n) is 16.2. The summed E-state index contributed by atoms with van der Waals surface area (Å²) >= 11 is 3.41. The number of fused-ring (bicyclic) bond motifs is 2. The lowest BCUT2D eigenvalue weighted by atomic mass is 9.82. The summed E-state index contributed by atoms with van der Waals surface area (Å²) in [4.78, 5) is 31.0. The second kappa shape index (κ2) is 14.5.